The van der Waals surface area contributed by atoms with Crippen LogP contribution < -0.4 is 10.1 Å². The molecule has 1 heterocycles. The van der Waals surface area contributed by atoms with Crippen LogP contribution in [0.5, 0.6) is 5.88 Å². The van der Waals surface area contributed by atoms with Crippen LogP contribution in [0.4, 0.5) is 5.69 Å². The third kappa shape index (κ3) is 2.65. The Bertz CT molecular complexity index is 562. The van der Waals surface area contributed by atoms with Crippen molar-refractivity contribution in [1.82, 2.24) is 4.98 Å². The number of nitrogens with one attached hydrogen (secondary N) is 1. The topological polar surface area (TPSA) is 34.1 Å². The third-order valence-electron chi connectivity index (χ3n) is 3.73. The summed E-state index contributed by atoms with van der Waals surface area (Å²) >= 11 is 0. The van der Waals surface area contributed by atoms with Crippen LogP contribution in [-0.2, 0) is 0 Å². The van der Waals surface area contributed by atoms with Gasteiger partial charge in [-0.05, 0) is 49.4 Å². The standard InChI is InChI=1S/C16H20N2O/c1-2-19-16-15-8-7-14(11-12(15)9-10-17-16)18-13-5-3-4-6-13/h7-11,13,18H,2-6H2,1H3. The lowest BCUT2D eigenvalue weighted by Gasteiger charge is -2.14. The zero-order chi connectivity index (χ0) is 13.1. The zero-order valence-corrected chi connectivity index (χ0v) is 11.4. The lowest BCUT2D eigenvalue weighted by molar-refractivity contribution is 0.331. The molecule has 1 aromatic heterocycles. The van der Waals surface area contributed by atoms with Crippen LogP contribution in [0.3, 0.4) is 0 Å². The number of fused-ring (bicyclic) bond motifs is 1. The van der Waals surface area contributed by atoms with Crippen molar-refractivity contribution in [2.45, 2.75) is 38.6 Å². The second kappa shape index (κ2) is 5.47. The van der Waals surface area contributed by atoms with E-state index in [2.05, 4.69) is 28.5 Å². The summed E-state index contributed by atoms with van der Waals surface area (Å²) in [5.41, 5.74) is 1.20. The van der Waals surface area contributed by atoms with Gasteiger partial charge in [-0.2, -0.15) is 0 Å². The van der Waals surface area contributed by atoms with Crippen LogP contribution in [0.1, 0.15) is 32.6 Å². The van der Waals surface area contributed by atoms with Crippen molar-refractivity contribution in [3.63, 3.8) is 0 Å². The summed E-state index contributed by atoms with van der Waals surface area (Å²) in [6, 6.07) is 9.11. The first-order valence-corrected chi connectivity index (χ1v) is 7.15. The molecule has 19 heavy (non-hydrogen) atoms. The van der Waals surface area contributed by atoms with Gasteiger partial charge in [-0.1, -0.05) is 12.8 Å². The summed E-state index contributed by atoms with van der Waals surface area (Å²) in [5.74, 6) is 0.729. The van der Waals surface area contributed by atoms with Gasteiger partial charge >= 0.3 is 0 Å². The van der Waals surface area contributed by atoms with Gasteiger partial charge in [0.25, 0.3) is 0 Å². The maximum absolute atomic E-state index is 5.56. The molecular formula is C16H20N2O. The molecule has 1 aliphatic rings. The molecule has 0 saturated heterocycles. The normalized spacial score (nSPS) is 15.8. The lowest BCUT2D eigenvalue weighted by Crippen LogP contribution is -2.14. The monoisotopic (exact) mass is 256 g/mol. The minimum atomic E-state index is 0.644. The molecule has 3 heteroatoms. The highest BCUT2D eigenvalue weighted by atomic mass is 16.5. The molecule has 100 valence electrons. The van der Waals surface area contributed by atoms with Gasteiger partial charge < -0.3 is 10.1 Å². The molecule has 1 aliphatic carbocycles. The first-order valence-electron chi connectivity index (χ1n) is 7.15. The van der Waals surface area contributed by atoms with Crippen LogP contribution in [-0.4, -0.2) is 17.6 Å². The van der Waals surface area contributed by atoms with Gasteiger partial charge in [-0.15, -0.1) is 0 Å². The Morgan fingerprint density at radius 2 is 2.11 bits per heavy atom. The maximum Gasteiger partial charge on any atom is 0.221 e. The van der Waals surface area contributed by atoms with Crippen molar-refractivity contribution >= 4 is 16.5 Å². The third-order valence-corrected chi connectivity index (χ3v) is 3.73. The molecule has 1 fully saturated rings. The molecule has 0 unspecified atom stereocenters. The van der Waals surface area contributed by atoms with Gasteiger partial charge in [0, 0.05) is 23.3 Å². The Morgan fingerprint density at radius 1 is 1.26 bits per heavy atom. The van der Waals surface area contributed by atoms with E-state index in [0.29, 0.717) is 12.6 Å². The Hall–Kier alpha value is -1.77. The lowest BCUT2D eigenvalue weighted by atomic mass is 10.1. The Morgan fingerprint density at radius 3 is 2.89 bits per heavy atom. The Labute approximate surface area is 114 Å². The van der Waals surface area contributed by atoms with Crippen LogP contribution in [0.25, 0.3) is 10.8 Å². The summed E-state index contributed by atoms with van der Waals surface area (Å²) in [6.07, 6.45) is 7.09. The van der Waals surface area contributed by atoms with E-state index in [9.17, 15) is 0 Å². The number of hydrogen-bond acceptors (Lipinski definition) is 3. The zero-order valence-electron chi connectivity index (χ0n) is 11.4. The predicted octanol–water partition coefficient (Wildman–Crippen LogP) is 3.99. The van der Waals surface area contributed by atoms with Crippen LogP contribution in [0, 0.1) is 0 Å². The van der Waals surface area contributed by atoms with E-state index < -0.39 is 0 Å². The molecule has 0 spiro atoms. The summed E-state index contributed by atoms with van der Waals surface area (Å²) in [5, 5.41) is 5.89. The molecular weight excluding hydrogens is 236 g/mol. The predicted molar refractivity (Wildman–Crippen MR) is 78.8 cm³/mol. The number of benzene rings is 1. The van der Waals surface area contributed by atoms with Gasteiger partial charge in [0.05, 0.1) is 6.61 Å². The van der Waals surface area contributed by atoms with E-state index in [1.807, 2.05) is 19.2 Å². The van der Waals surface area contributed by atoms with Crippen molar-refractivity contribution in [3.05, 3.63) is 30.5 Å². The SMILES string of the molecule is CCOc1nccc2cc(NC3CCCC3)ccc12. The second-order valence-electron chi connectivity index (χ2n) is 5.11. The number of ether oxygens (including phenoxy) is 1. The largest absolute Gasteiger partial charge is 0.478 e. The Balaban J connectivity index is 1.88. The van der Waals surface area contributed by atoms with Crippen LogP contribution >= 0.6 is 0 Å². The molecule has 0 atom stereocenters. The van der Waals surface area contributed by atoms with Crippen molar-refractivity contribution in [3.8, 4) is 5.88 Å². The second-order valence-corrected chi connectivity index (χ2v) is 5.11. The highest BCUT2D eigenvalue weighted by molar-refractivity contribution is 5.89. The first kappa shape index (κ1) is 12.3. The highest BCUT2D eigenvalue weighted by Crippen LogP contribution is 2.28. The summed E-state index contributed by atoms with van der Waals surface area (Å²) < 4.78 is 5.56. The highest BCUT2D eigenvalue weighted by Gasteiger charge is 2.14. The quantitative estimate of drug-likeness (QED) is 0.898. The molecule has 3 nitrogen and oxygen atoms in total. The number of anilines is 1. The van der Waals surface area contributed by atoms with Gasteiger partial charge in [-0.3, -0.25) is 0 Å². The molecule has 1 saturated carbocycles. The Kier molecular flexibility index (Phi) is 3.53. The van der Waals surface area contributed by atoms with Crippen LogP contribution in [0.15, 0.2) is 30.5 Å². The average molecular weight is 256 g/mol. The molecule has 3 rings (SSSR count). The van der Waals surface area contributed by atoms with Gasteiger partial charge in [0.1, 0.15) is 0 Å². The van der Waals surface area contributed by atoms with E-state index in [0.717, 1.165) is 11.3 Å². The van der Waals surface area contributed by atoms with Crippen molar-refractivity contribution < 1.29 is 4.74 Å². The van der Waals surface area contributed by atoms with Crippen molar-refractivity contribution in [1.29, 1.82) is 0 Å². The first-order chi connectivity index (χ1) is 9.36. The molecule has 1 N–H and O–H groups in total. The molecule has 2 aromatic rings. The number of pyridine rings is 1. The number of aromatic nitrogens is 1. The smallest absolute Gasteiger partial charge is 0.221 e. The molecule has 1 aromatic carbocycles. The summed E-state index contributed by atoms with van der Waals surface area (Å²) in [7, 11) is 0. The minimum absolute atomic E-state index is 0.644. The van der Waals surface area contributed by atoms with E-state index in [4.69, 9.17) is 4.74 Å². The fourth-order valence-corrected chi connectivity index (χ4v) is 2.80. The molecule has 0 amide bonds. The molecule has 0 aliphatic heterocycles. The van der Waals surface area contributed by atoms with Gasteiger partial charge in [0.15, 0.2) is 0 Å². The van der Waals surface area contributed by atoms with Crippen molar-refractivity contribution in [2.24, 2.45) is 0 Å². The average Bonchev–Trinajstić information content (AvgIpc) is 2.92. The van der Waals surface area contributed by atoms with E-state index in [1.165, 1.54) is 36.8 Å². The number of nitrogens with zero attached hydrogens (tertiary/aromatic N) is 1. The fourth-order valence-electron chi connectivity index (χ4n) is 2.80. The van der Waals surface area contributed by atoms with Crippen LogP contribution in [0.2, 0.25) is 0 Å². The van der Waals surface area contributed by atoms with Crippen molar-refractivity contribution in [2.75, 3.05) is 11.9 Å². The van der Waals surface area contributed by atoms with Gasteiger partial charge in [-0.25, -0.2) is 4.98 Å². The summed E-state index contributed by atoms with van der Waals surface area (Å²) in [4.78, 5) is 4.29. The minimum Gasteiger partial charge on any atom is -0.478 e. The fraction of sp³-hybridized carbons (Fsp3) is 0.438. The van der Waals surface area contributed by atoms with E-state index in [-0.39, 0.29) is 0 Å². The van der Waals surface area contributed by atoms with E-state index in [1.54, 1.807) is 0 Å². The number of rotatable bonds is 4. The molecule has 0 radical (unpaired) electrons. The van der Waals surface area contributed by atoms with Gasteiger partial charge in [0.2, 0.25) is 5.88 Å². The number of hydrogen-bond donors (Lipinski definition) is 1. The van der Waals surface area contributed by atoms with E-state index >= 15 is 0 Å². The summed E-state index contributed by atoms with van der Waals surface area (Å²) in [6.45, 7) is 2.63. The molecule has 0 bridgehead atoms. The maximum atomic E-state index is 5.56.